The molecule has 0 aromatic rings. The van der Waals surface area contributed by atoms with E-state index in [2.05, 4.69) is 135 Å². The van der Waals surface area contributed by atoms with Crippen LogP contribution in [-0.4, -0.2) is 75.6 Å². The van der Waals surface area contributed by atoms with Gasteiger partial charge in [-0.15, -0.1) is 0 Å². The molecule has 0 bridgehead atoms. The number of phosphoric acid groups is 1. The number of ether oxygens (including phenoxy) is 2. The zero-order chi connectivity index (χ0) is 50.5. The van der Waals surface area contributed by atoms with Gasteiger partial charge in [0.25, 0.3) is 0 Å². The maximum Gasteiger partial charge on any atom is 0.472 e. The number of allylic oxidation sites excluding steroid dienone is 20. The Morgan fingerprint density at radius 1 is 0.449 bits per heavy atom. The zero-order valence-electron chi connectivity index (χ0n) is 44.8. The molecule has 0 aliphatic rings. The Labute approximate surface area is 424 Å². The minimum Gasteiger partial charge on any atom is -0.457 e. The molecule has 0 aliphatic heterocycles. The number of carbonyl (C=O) groups is 1. The van der Waals surface area contributed by atoms with Crippen LogP contribution in [0.2, 0.25) is 0 Å². The van der Waals surface area contributed by atoms with Gasteiger partial charge in [-0.25, -0.2) is 4.57 Å². The first-order chi connectivity index (χ1) is 33.6. The molecule has 0 heterocycles. The highest BCUT2D eigenvalue weighted by atomic mass is 31.2. The number of esters is 1. The fraction of sp³-hybridized carbons (Fsp3) is 0.650. The van der Waals surface area contributed by atoms with Crippen LogP contribution in [0.1, 0.15) is 194 Å². The lowest BCUT2D eigenvalue weighted by Gasteiger charge is -2.24. The first-order valence-electron chi connectivity index (χ1n) is 27.3. The molecule has 0 saturated carbocycles. The van der Waals surface area contributed by atoms with Crippen LogP contribution < -0.4 is 0 Å². The second-order valence-corrected chi connectivity index (χ2v) is 20.3. The molecule has 2 unspecified atom stereocenters. The lowest BCUT2D eigenvalue weighted by atomic mass is 10.0. The van der Waals surface area contributed by atoms with Gasteiger partial charge < -0.3 is 18.9 Å². The lowest BCUT2D eigenvalue weighted by Crippen LogP contribution is -2.37. The second kappa shape index (κ2) is 51.3. The van der Waals surface area contributed by atoms with Crippen LogP contribution in [0.3, 0.4) is 0 Å². The Balaban J connectivity index is 4.19. The highest BCUT2D eigenvalue weighted by Gasteiger charge is 2.26. The van der Waals surface area contributed by atoms with Crippen molar-refractivity contribution >= 4 is 13.8 Å². The van der Waals surface area contributed by atoms with E-state index in [4.69, 9.17) is 18.5 Å². The van der Waals surface area contributed by atoms with Gasteiger partial charge >= 0.3 is 13.8 Å². The van der Waals surface area contributed by atoms with Gasteiger partial charge in [0.1, 0.15) is 19.3 Å². The van der Waals surface area contributed by atoms with Gasteiger partial charge in [0.15, 0.2) is 0 Å². The second-order valence-electron chi connectivity index (χ2n) is 18.8. The fourth-order valence-corrected chi connectivity index (χ4v) is 7.64. The molecule has 8 nitrogen and oxygen atoms in total. The Bertz CT molecular complexity index is 1510. The number of likely N-dealkylation sites (N-methyl/N-ethyl adjacent to an activating group) is 1. The summed E-state index contributed by atoms with van der Waals surface area (Å²) >= 11 is 0. The topological polar surface area (TPSA) is 91.3 Å². The van der Waals surface area contributed by atoms with Gasteiger partial charge in [0, 0.05) is 13.0 Å². The van der Waals surface area contributed by atoms with E-state index in [1.807, 2.05) is 21.1 Å². The predicted molar refractivity (Wildman–Crippen MR) is 297 cm³/mol. The molecule has 0 radical (unpaired) electrons. The first-order valence-corrected chi connectivity index (χ1v) is 28.8. The summed E-state index contributed by atoms with van der Waals surface area (Å²) in [5, 5.41) is 0. The van der Waals surface area contributed by atoms with E-state index in [9.17, 15) is 14.3 Å². The third-order valence-electron chi connectivity index (χ3n) is 11.0. The summed E-state index contributed by atoms with van der Waals surface area (Å²) in [7, 11) is 1.62. The molecular weight excluding hydrogens is 878 g/mol. The van der Waals surface area contributed by atoms with Crippen LogP contribution in [0.4, 0.5) is 0 Å². The zero-order valence-corrected chi connectivity index (χ0v) is 45.6. The molecule has 0 amide bonds. The number of hydrogen-bond acceptors (Lipinski definition) is 6. The van der Waals surface area contributed by atoms with Crippen LogP contribution in [0, 0.1) is 0 Å². The Kier molecular flexibility index (Phi) is 49.0. The third kappa shape index (κ3) is 55.7. The Morgan fingerprint density at radius 3 is 1.19 bits per heavy atom. The highest BCUT2D eigenvalue weighted by molar-refractivity contribution is 7.47. The average Bonchev–Trinajstić information content (AvgIpc) is 3.31. The molecule has 2 atom stereocenters. The number of carbonyl (C=O) groups excluding carboxylic acids is 1. The van der Waals surface area contributed by atoms with E-state index >= 15 is 0 Å². The Morgan fingerprint density at radius 2 is 0.797 bits per heavy atom. The highest BCUT2D eigenvalue weighted by Crippen LogP contribution is 2.43. The van der Waals surface area contributed by atoms with Crippen molar-refractivity contribution in [1.82, 2.24) is 0 Å². The molecule has 0 aromatic heterocycles. The summed E-state index contributed by atoms with van der Waals surface area (Å²) in [5.74, 6) is -0.359. The van der Waals surface area contributed by atoms with Crippen molar-refractivity contribution in [2.24, 2.45) is 0 Å². The van der Waals surface area contributed by atoms with E-state index in [-0.39, 0.29) is 32.2 Å². The average molecular weight is 981 g/mol. The molecule has 0 rings (SSSR count). The number of rotatable bonds is 49. The standard InChI is InChI=1S/C60H102NO7P/c1-6-8-10-12-14-16-18-20-22-24-26-28-29-30-31-32-34-36-38-40-42-44-46-48-50-52-55-65-57-59(58-67-69(63,64)66-56-54-61(3,4)5)68-60(62)53-51-49-47-45-43-41-39-37-35-33-27-25-23-21-19-17-15-13-11-9-7-2/h8-11,14-17,20-23,26-28,33,37,39,43,45,59H,6-7,12-13,18-19,24-25,29-32,34-36,38,40-42,44,46-58H2,1-5H3/p+1/b10-8-,11-9-,16-14-,17-15-,22-20-,23-21-,28-26-,33-27-,39-37-,45-43-. The molecule has 0 spiro atoms. The number of nitrogens with zero attached hydrogens (tertiary/aromatic N) is 1. The van der Waals surface area contributed by atoms with Crippen molar-refractivity contribution in [2.45, 2.75) is 200 Å². The normalized spacial score (nSPS) is 14.5. The van der Waals surface area contributed by atoms with Gasteiger partial charge in [-0.1, -0.05) is 206 Å². The third-order valence-corrected chi connectivity index (χ3v) is 12.0. The number of unbranched alkanes of at least 4 members (excludes halogenated alkanes) is 15. The molecular formula is C60H103NO7P+. The van der Waals surface area contributed by atoms with Crippen molar-refractivity contribution < 1.29 is 37.3 Å². The van der Waals surface area contributed by atoms with Crippen LogP contribution in [0.15, 0.2) is 122 Å². The number of hydrogen-bond donors (Lipinski definition) is 1. The van der Waals surface area contributed by atoms with Gasteiger partial charge in [0.2, 0.25) is 0 Å². The van der Waals surface area contributed by atoms with Gasteiger partial charge in [-0.2, -0.15) is 0 Å². The van der Waals surface area contributed by atoms with Crippen molar-refractivity contribution in [1.29, 1.82) is 0 Å². The molecule has 0 aromatic carbocycles. The first kappa shape index (κ1) is 65.9. The van der Waals surface area contributed by atoms with Crippen LogP contribution in [0.25, 0.3) is 0 Å². The van der Waals surface area contributed by atoms with Gasteiger partial charge in [0.05, 0.1) is 34.4 Å². The SMILES string of the molecule is CC/C=C\C/C=C\C/C=C\C/C=C\C/C=C\C/C=C\CCCCC(=O)OC(COCCCCCCCCCCCCCCC/C=C\C/C=C\C/C=C\C/C=C\CC)COP(=O)(O)OCC[N+](C)(C)C. The molecule has 69 heavy (non-hydrogen) atoms. The van der Waals surface area contributed by atoms with E-state index in [0.29, 0.717) is 24.1 Å². The monoisotopic (exact) mass is 981 g/mol. The molecule has 394 valence electrons. The summed E-state index contributed by atoms with van der Waals surface area (Å²) in [5.41, 5.74) is 0. The minimum atomic E-state index is -4.31. The Hall–Kier alpha value is -3.10. The smallest absolute Gasteiger partial charge is 0.457 e. The molecule has 0 saturated heterocycles. The van der Waals surface area contributed by atoms with E-state index in [1.54, 1.807) is 0 Å². The predicted octanol–water partition coefficient (Wildman–Crippen LogP) is 17.3. The van der Waals surface area contributed by atoms with Crippen molar-refractivity contribution in [2.75, 3.05) is 54.1 Å². The van der Waals surface area contributed by atoms with Crippen molar-refractivity contribution in [3.05, 3.63) is 122 Å². The van der Waals surface area contributed by atoms with Crippen LogP contribution >= 0.6 is 7.82 Å². The molecule has 1 N–H and O–H groups in total. The van der Waals surface area contributed by atoms with E-state index in [0.717, 1.165) is 89.9 Å². The number of phosphoric ester groups is 1. The van der Waals surface area contributed by atoms with E-state index < -0.39 is 13.9 Å². The summed E-state index contributed by atoms with van der Waals surface area (Å²) in [6, 6.07) is 0. The van der Waals surface area contributed by atoms with Gasteiger partial charge in [-0.05, 0) is 103 Å². The summed E-state index contributed by atoms with van der Waals surface area (Å²) in [6.07, 6.45) is 74.0. The maximum absolute atomic E-state index is 12.8. The summed E-state index contributed by atoms with van der Waals surface area (Å²) < 4.78 is 35.2. The van der Waals surface area contributed by atoms with Crippen molar-refractivity contribution in [3.63, 3.8) is 0 Å². The molecule has 0 aliphatic carbocycles. The largest absolute Gasteiger partial charge is 0.472 e. The minimum absolute atomic E-state index is 0.0730. The van der Waals surface area contributed by atoms with E-state index in [1.165, 1.54) is 77.0 Å². The van der Waals surface area contributed by atoms with Crippen molar-refractivity contribution in [3.8, 4) is 0 Å². The fourth-order valence-electron chi connectivity index (χ4n) is 6.90. The number of quaternary nitrogens is 1. The summed E-state index contributed by atoms with van der Waals surface area (Å²) in [4.78, 5) is 23.0. The quantitative estimate of drug-likeness (QED) is 0.0213. The summed E-state index contributed by atoms with van der Waals surface area (Å²) in [6.45, 7) is 5.31. The lowest BCUT2D eigenvalue weighted by molar-refractivity contribution is -0.870. The van der Waals surface area contributed by atoms with Crippen LogP contribution in [0.5, 0.6) is 0 Å². The molecule has 0 fully saturated rings. The van der Waals surface area contributed by atoms with Gasteiger partial charge in [-0.3, -0.25) is 13.8 Å². The molecule has 9 heteroatoms. The van der Waals surface area contributed by atoms with Crippen LogP contribution in [-0.2, 0) is 27.9 Å². The maximum atomic E-state index is 12.8.